The van der Waals surface area contributed by atoms with Crippen LogP contribution in [0.15, 0.2) is 18.2 Å². The van der Waals surface area contributed by atoms with Crippen molar-refractivity contribution in [2.45, 2.75) is 39.4 Å². The molecular formula is C14H20O3S. The van der Waals surface area contributed by atoms with Gasteiger partial charge >= 0.3 is 0 Å². The maximum absolute atomic E-state index is 10.8. The van der Waals surface area contributed by atoms with E-state index in [9.17, 15) is 15.0 Å². The number of hydrogen-bond donors (Lipinski definition) is 2. The van der Waals surface area contributed by atoms with E-state index < -0.39 is 12.2 Å². The van der Waals surface area contributed by atoms with E-state index in [1.165, 1.54) is 18.7 Å². The Kier molecular flexibility index (Phi) is 5.85. The molecule has 1 aromatic rings. The predicted molar refractivity (Wildman–Crippen MR) is 74.6 cm³/mol. The Morgan fingerprint density at radius 2 is 2.00 bits per heavy atom. The van der Waals surface area contributed by atoms with Gasteiger partial charge in [-0.05, 0) is 31.4 Å². The lowest BCUT2D eigenvalue weighted by Crippen LogP contribution is -2.20. The first-order valence-corrected chi connectivity index (χ1v) is 6.97. The zero-order valence-electron chi connectivity index (χ0n) is 11.0. The lowest BCUT2D eigenvalue weighted by molar-refractivity contribution is -0.109. The van der Waals surface area contributed by atoms with Gasteiger partial charge in [-0.2, -0.15) is 0 Å². The first-order chi connectivity index (χ1) is 8.41. The Morgan fingerprint density at radius 3 is 2.56 bits per heavy atom. The van der Waals surface area contributed by atoms with Crippen LogP contribution in [-0.2, 0) is 4.79 Å². The van der Waals surface area contributed by atoms with Crippen LogP contribution >= 0.6 is 11.8 Å². The van der Waals surface area contributed by atoms with Crippen molar-refractivity contribution in [2.75, 3.05) is 5.75 Å². The smallest absolute Gasteiger partial charge is 0.185 e. The summed E-state index contributed by atoms with van der Waals surface area (Å²) in [6, 6.07) is 5.74. The molecule has 0 aliphatic rings. The molecule has 0 bridgehead atoms. The molecule has 1 aromatic carbocycles. The Labute approximate surface area is 112 Å². The van der Waals surface area contributed by atoms with E-state index in [2.05, 4.69) is 0 Å². The summed E-state index contributed by atoms with van der Waals surface area (Å²) in [5.74, 6) is 0.526. The Morgan fingerprint density at radius 1 is 1.33 bits per heavy atom. The summed E-state index contributed by atoms with van der Waals surface area (Å²) < 4.78 is 0. The fraction of sp³-hybridized carbons (Fsp3) is 0.500. The van der Waals surface area contributed by atoms with Gasteiger partial charge in [0, 0.05) is 12.7 Å². The molecule has 0 aromatic heterocycles. The lowest BCUT2D eigenvalue weighted by Gasteiger charge is -2.20. The van der Waals surface area contributed by atoms with Crippen molar-refractivity contribution in [2.24, 2.45) is 0 Å². The van der Waals surface area contributed by atoms with Gasteiger partial charge in [0.2, 0.25) is 0 Å². The van der Waals surface area contributed by atoms with Crippen LogP contribution in [0.1, 0.15) is 36.1 Å². The van der Waals surface area contributed by atoms with Crippen molar-refractivity contribution < 1.29 is 15.0 Å². The topological polar surface area (TPSA) is 57.5 Å². The number of carbonyl (C=O) groups is 1. The van der Waals surface area contributed by atoms with Gasteiger partial charge in [0.15, 0.2) is 5.12 Å². The molecule has 0 fully saturated rings. The van der Waals surface area contributed by atoms with E-state index in [1.807, 2.05) is 32.0 Å². The molecular weight excluding hydrogens is 248 g/mol. The number of hydrogen-bond acceptors (Lipinski definition) is 4. The van der Waals surface area contributed by atoms with Gasteiger partial charge in [0.1, 0.15) is 6.10 Å². The molecule has 0 aliphatic carbocycles. The SMILES string of the molecule is CC(=O)SCCC(O)C(O)c1ccc(C)cc1C. The Hall–Kier alpha value is -0.840. The maximum Gasteiger partial charge on any atom is 0.185 e. The summed E-state index contributed by atoms with van der Waals surface area (Å²) >= 11 is 1.17. The van der Waals surface area contributed by atoms with Crippen molar-refractivity contribution in [3.05, 3.63) is 34.9 Å². The molecule has 4 heteroatoms. The highest BCUT2D eigenvalue weighted by Gasteiger charge is 2.19. The van der Waals surface area contributed by atoms with Crippen LogP contribution in [-0.4, -0.2) is 27.2 Å². The van der Waals surface area contributed by atoms with Crippen LogP contribution < -0.4 is 0 Å². The van der Waals surface area contributed by atoms with E-state index in [-0.39, 0.29) is 5.12 Å². The van der Waals surface area contributed by atoms with E-state index in [4.69, 9.17) is 0 Å². The molecule has 0 spiro atoms. The third kappa shape index (κ3) is 4.44. The van der Waals surface area contributed by atoms with Gasteiger partial charge in [-0.25, -0.2) is 0 Å². The number of thioether (sulfide) groups is 1. The molecule has 2 atom stereocenters. The predicted octanol–water partition coefficient (Wildman–Crippen LogP) is 2.37. The zero-order valence-corrected chi connectivity index (χ0v) is 11.8. The first kappa shape index (κ1) is 15.2. The molecule has 0 aliphatic heterocycles. The fourth-order valence-electron chi connectivity index (χ4n) is 1.85. The molecule has 0 amide bonds. The van der Waals surface area contributed by atoms with Crippen LogP contribution in [0.5, 0.6) is 0 Å². The van der Waals surface area contributed by atoms with Crippen molar-refractivity contribution in [1.82, 2.24) is 0 Å². The number of rotatable bonds is 5. The van der Waals surface area contributed by atoms with Gasteiger partial charge in [-0.15, -0.1) is 0 Å². The van der Waals surface area contributed by atoms with E-state index >= 15 is 0 Å². The molecule has 2 N–H and O–H groups in total. The monoisotopic (exact) mass is 268 g/mol. The molecule has 0 saturated heterocycles. The number of carbonyl (C=O) groups excluding carboxylic acids is 1. The zero-order chi connectivity index (χ0) is 13.7. The minimum Gasteiger partial charge on any atom is -0.390 e. The second-order valence-corrected chi connectivity index (χ2v) is 5.77. The molecule has 2 unspecified atom stereocenters. The molecule has 18 heavy (non-hydrogen) atoms. The van der Waals surface area contributed by atoms with Crippen molar-refractivity contribution in [1.29, 1.82) is 0 Å². The quantitative estimate of drug-likeness (QED) is 0.861. The van der Waals surface area contributed by atoms with E-state index in [1.54, 1.807) is 0 Å². The highest BCUT2D eigenvalue weighted by molar-refractivity contribution is 8.13. The fourth-order valence-corrected chi connectivity index (χ4v) is 2.49. The summed E-state index contributed by atoms with van der Waals surface area (Å²) in [5, 5.41) is 20.0. The number of aliphatic hydroxyl groups is 2. The third-order valence-electron chi connectivity index (χ3n) is 2.83. The maximum atomic E-state index is 10.8. The first-order valence-electron chi connectivity index (χ1n) is 5.98. The highest BCUT2D eigenvalue weighted by atomic mass is 32.2. The summed E-state index contributed by atoms with van der Waals surface area (Å²) in [6.45, 7) is 5.41. The van der Waals surface area contributed by atoms with Gasteiger partial charge in [0.05, 0.1) is 6.10 Å². The average molecular weight is 268 g/mol. The van der Waals surface area contributed by atoms with Crippen molar-refractivity contribution >= 4 is 16.9 Å². The van der Waals surface area contributed by atoms with Crippen LogP contribution in [0.25, 0.3) is 0 Å². The van der Waals surface area contributed by atoms with Gasteiger partial charge in [0.25, 0.3) is 0 Å². The Balaban J connectivity index is 2.62. The molecule has 1 rings (SSSR count). The summed E-state index contributed by atoms with van der Waals surface area (Å²) in [6.07, 6.45) is -1.32. The number of aliphatic hydroxyl groups excluding tert-OH is 2. The van der Waals surface area contributed by atoms with Gasteiger partial charge in [-0.3, -0.25) is 4.79 Å². The van der Waals surface area contributed by atoms with Crippen molar-refractivity contribution in [3.63, 3.8) is 0 Å². The highest BCUT2D eigenvalue weighted by Crippen LogP contribution is 2.24. The normalized spacial score (nSPS) is 14.3. The van der Waals surface area contributed by atoms with Crippen LogP contribution in [0.4, 0.5) is 0 Å². The lowest BCUT2D eigenvalue weighted by atomic mass is 9.97. The second kappa shape index (κ2) is 6.92. The molecule has 0 radical (unpaired) electrons. The molecule has 0 heterocycles. The van der Waals surface area contributed by atoms with Gasteiger partial charge < -0.3 is 10.2 Å². The van der Waals surface area contributed by atoms with E-state index in [0.29, 0.717) is 12.2 Å². The summed E-state index contributed by atoms with van der Waals surface area (Å²) in [7, 11) is 0. The minimum atomic E-state index is -0.891. The standard InChI is InChI=1S/C14H20O3S/c1-9-4-5-12(10(2)8-9)14(17)13(16)6-7-18-11(3)15/h4-5,8,13-14,16-17H,6-7H2,1-3H3. The molecule has 0 saturated carbocycles. The van der Waals surface area contributed by atoms with Crippen LogP contribution in [0, 0.1) is 13.8 Å². The van der Waals surface area contributed by atoms with E-state index in [0.717, 1.165) is 16.7 Å². The average Bonchev–Trinajstić information content (AvgIpc) is 2.27. The molecule has 100 valence electrons. The largest absolute Gasteiger partial charge is 0.390 e. The van der Waals surface area contributed by atoms with Crippen molar-refractivity contribution in [3.8, 4) is 0 Å². The van der Waals surface area contributed by atoms with Crippen LogP contribution in [0.2, 0.25) is 0 Å². The third-order valence-corrected chi connectivity index (χ3v) is 3.67. The Bertz CT molecular complexity index is 418. The molecule has 3 nitrogen and oxygen atoms in total. The second-order valence-electron chi connectivity index (χ2n) is 4.50. The number of aryl methyl sites for hydroxylation is 2. The number of benzene rings is 1. The summed E-state index contributed by atoms with van der Waals surface area (Å²) in [4.78, 5) is 10.8. The minimum absolute atomic E-state index is 0.0307. The van der Waals surface area contributed by atoms with Gasteiger partial charge in [-0.1, -0.05) is 35.5 Å². The van der Waals surface area contributed by atoms with Crippen LogP contribution in [0.3, 0.4) is 0 Å². The summed E-state index contributed by atoms with van der Waals surface area (Å²) in [5.41, 5.74) is 2.85.